The number of aliphatic hydroxyl groups is 1. The first-order chi connectivity index (χ1) is 13.0. The molecular formula is C20H26Cl2IN3O2. The lowest BCUT2D eigenvalue weighted by molar-refractivity contribution is 0.181. The number of halogens is 3. The van der Waals surface area contributed by atoms with Crippen LogP contribution in [0.25, 0.3) is 0 Å². The Morgan fingerprint density at radius 2 is 1.79 bits per heavy atom. The Hall–Kier alpha value is -1.06. The van der Waals surface area contributed by atoms with Crippen molar-refractivity contribution >= 4 is 53.1 Å². The summed E-state index contributed by atoms with van der Waals surface area (Å²) in [6.45, 7) is 4.08. The van der Waals surface area contributed by atoms with Crippen molar-refractivity contribution in [3.63, 3.8) is 0 Å². The Balaban J connectivity index is 0.00000392. The smallest absolute Gasteiger partial charge is 0.191 e. The van der Waals surface area contributed by atoms with E-state index < -0.39 is 6.10 Å². The van der Waals surface area contributed by atoms with Gasteiger partial charge >= 0.3 is 0 Å². The number of hydrogen-bond donors (Lipinski definition) is 3. The van der Waals surface area contributed by atoms with Gasteiger partial charge in [-0.3, -0.25) is 0 Å². The minimum atomic E-state index is -0.755. The minimum absolute atomic E-state index is 0. The molecule has 0 spiro atoms. The highest BCUT2D eigenvalue weighted by Gasteiger charge is 2.10. The topological polar surface area (TPSA) is 65.9 Å². The quantitative estimate of drug-likeness (QED) is 0.262. The van der Waals surface area contributed by atoms with Crippen LogP contribution in [0.5, 0.6) is 0 Å². The molecule has 5 nitrogen and oxygen atoms in total. The predicted molar refractivity (Wildman–Crippen MR) is 127 cm³/mol. The van der Waals surface area contributed by atoms with Crippen LogP contribution in [0.3, 0.4) is 0 Å². The standard InChI is InChI=1S/C20H25Cl2N3O2.HI/c1-3-23-20(24-11-14-5-4-6-15(7-14)13-27-2)25-12-19(26)16-8-17(21)10-18(22)9-16;/h4-10,19,26H,3,11-13H2,1-2H3,(H2,23,24,25);1H. The number of rotatable bonds is 8. The van der Waals surface area contributed by atoms with E-state index >= 15 is 0 Å². The van der Waals surface area contributed by atoms with E-state index in [9.17, 15) is 5.11 Å². The van der Waals surface area contributed by atoms with Gasteiger partial charge in [-0.05, 0) is 41.8 Å². The van der Waals surface area contributed by atoms with Crippen LogP contribution in [0.1, 0.15) is 29.7 Å². The van der Waals surface area contributed by atoms with Crippen molar-refractivity contribution in [2.24, 2.45) is 4.99 Å². The van der Waals surface area contributed by atoms with E-state index in [0.29, 0.717) is 41.3 Å². The largest absolute Gasteiger partial charge is 0.387 e. The Kier molecular flexibility index (Phi) is 11.8. The number of hydrogen-bond acceptors (Lipinski definition) is 3. The Bertz CT molecular complexity index is 755. The number of benzene rings is 2. The molecule has 28 heavy (non-hydrogen) atoms. The number of aliphatic hydroxyl groups excluding tert-OH is 1. The van der Waals surface area contributed by atoms with E-state index in [1.165, 1.54) is 0 Å². The van der Waals surface area contributed by atoms with Crippen LogP contribution in [-0.2, 0) is 17.9 Å². The fourth-order valence-electron chi connectivity index (χ4n) is 2.58. The molecule has 3 N–H and O–H groups in total. The minimum Gasteiger partial charge on any atom is -0.387 e. The van der Waals surface area contributed by atoms with Crippen LogP contribution in [0.4, 0.5) is 0 Å². The van der Waals surface area contributed by atoms with Crippen LogP contribution in [0.2, 0.25) is 10.0 Å². The molecule has 0 aliphatic rings. The summed E-state index contributed by atoms with van der Waals surface area (Å²) in [7, 11) is 1.68. The van der Waals surface area contributed by atoms with E-state index in [4.69, 9.17) is 27.9 Å². The Morgan fingerprint density at radius 3 is 2.43 bits per heavy atom. The first-order valence-electron chi connectivity index (χ1n) is 8.74. The molecular weight excluding hydrogens is 512 g/mol. The van der Waals surface area contributed by atoms with Crippen LogP contribution in [-0.4, -0.2) is 31.3 Å². The van der Waals surface area contributed by atoms with Gasteiger partial charge in [0.25, 0.3) is 0 Å². The summed E-state index contributed by atoms with van der Waals surface area (Å²) in [5.74, 6) is 0.627. The van der Waals surface area contributed by atoms with Gasteiger partial charge in [-0.15, -0.1) is 24.0 Å². The van der Waals surface area contributed by atoms with Gasteiger partial charge in [0.15, 0.2) is 5.96 Å². The van der Waals surface area contributed by atoms with Gasteiger partial charge in [0.2, 0.25) is 0 Å². The molecule has 2 aromatic carbocycles. The van der Waals surface area contributed by atoms with Crippen molar-refractivity contribution in [2.45, 2.75) is 26.2 Å². The van der Waals surface area contributed by atoms with Gasteiger partial charge in [0, 0.05) is 30.2 Å². The zero-order valence-corrected chi connectivity index (χ0v) is 19.8. The van der Waals surface area contributed by atoms with Gasteiger partial charge in [0.1, 0.15) is 0 Å². The number of nitrogens with zero attached hydrogens (tertiary/aromatic N) is 1. The van der Waals surface area contributed by atoms with Crippen LogP contribution >= 0.6 is 47.2 Å². The van der Waals surface area contributed by atoms with Crippen LogP contribution in [0, 0.1) is 0 Å². The maximum Gasteiger partial charge on any atom is 0.191 e. The molecule has 0 aliphatic heterocycles. The van der Waals surface area contributed by atoms with Gasteiger partial charge < -0.3 is 20.5 Å². The molecule has 0 amide bonds. The van der Waals surface area contributed by atoms with Crippen molar-refractivity contribution in [1.29, 1.82) is 0 Å². The fourth-order valence-corrected chi connectivity index (χ4v) is 3.12. The molecule has 0 aromatic heterocycles. The highest BCUT2D eigenvalue weighted by Crippen LogP contribution is 2.23. The summed E-state index contributed by atoms with van der Waals surface area (Å²) in [4.78, 5) is 4.58. The summed E-state index contributed by atoms with van der Waals surface area (Å²) in [5.41, 5.74) is 2.85. The molecule has 0 radical (unpaired) electrons. The van der Waals surface area contributed by atoms with Gasteiger partial charge in [-0.2, -0.15) is 0 Å². The van der Waals surface area contributed by atoms with E-state index in [2.05, 4.69) is 21.7 Å². The van der Waals surface area contributed by atoms with E-state index in [0.717, 1.165) is 11.1 Å². The number of aliphatic imine (C=N–C) groups is 1. The second-order valence-corrected chi connectivity index (χ2v) is 6.92. The van der Waals surface area contributed by atoms with Crippen molar-refractivity contribution in [2.75, 3.05) is 20.2 Å². The van der Waals surface area contributed by atoms with Gasteiger partial charge in [-0.1, -0.05) is 47.5 Å². The Morgan fingerprint density at radius 1 is 1.11 bits per heavy atom. The maximum absolute atomic E-state index is 10.4. The van der Waals surface area contributed by atoms with Gasteiger partial charge in [-0.25, -0.2) is 4.99 Å². The average Bonchev–Trinajstić information content (AvgIpc) is 2.63. The third kappa shape index (κ3) is 8.53. The molecule has 8 heteroatoms. The molecule has 0 saturated heterocycles. The lowest BCUT2D eigenvalue weighted by Crippen LogP contribution is -2.39. The molecule has 0 aliphatic carbocycles. The molecule has 0 heterocycles. The highest BCUT2D eigenvalue weighted by molar-refractivity contribution is 14.0. The number of guanidine groups is 1. The monoisotopic (exact) mass is 537 g/mol. The summed E-state index contributed by atoms with van der Waals surface area (Å²) >= 11 is 12.0. The molecule has 0 saturated carbocycles. The van der Waals surface area contributed by atoms with E-state index in [1.54, 1.807) is 25.3 Å². The number of nitrogens with one attached hydrogen (secondary N) is 2. The van der Waals surface area contributed by atoms with Gasteiger partial charge in [0.05, 0.1) is 19.3 Å². The highest BCUT2D eigenvalue weighted by atomic mass is 127. The van der Waals surface area contributed by atoms with Crippen molar-refractivity contribution in [1.82, 2.24) is 10.6 Å². The number of ether oxygens (including phenoxy) is 1. The first kappa shape index (κ1) is 25.0. The third-order valence-electron chi connectivity index (χ3n) is 3.80. The second kappa shape index (κ2) is 13.2. The maximum atomic E-state index is 10.4. The normalized spacial score (nSPS) is 12.2. The molecule has 0 fully saturated rings. The lowest BCUT2D eigenvalue weighted by atomic mass is 10.1. The zero-order valence-electron chi connectivity index (χ0n) is 15.9. The van der Waals surface area contributed by atoms with Crippen LogP contribution < -0.4 is 10.6 Å². The van der Waals surface area contributed by atoms with Crippen molar-refractivity contribution in [3.8, 4) is 0 Å². The summed E-state index contributed by atoms with van der Waals surface area (Å²) in [5, 5.41) is 17.7. The Labute approximate surface area is 193 Å². The first-order valence-corrected chi connectivity index (χ1v) is 9.50. The van der Waals surface area contributed by atoms with E-state index in [-0.39, 0.29) is 30.5 Å². The van der Waals surface area contributed by atoms with E-state index in [1.807, 2.05) is 25.1 Å². The third-order valence-corrected chi connectivity index (χ3v) is 4.24. The number of methoxy groups -OCH3 is 1. The summed E-state index contributed by atoms with van der Waals surface area (Å²) in [6.07, 6.45) is -0.755. The second-order valence-electron chi connectivity index (χ2n) is 6.05. The molecule has 154 valence electrons. The molecule has 1 atom stereocenters. The molecule has 0 bridgehead atoms. The summed E-state index contributed by atoms with van der Waals surface area (Å²) < 4.78 is 5.16. The van der Waals surface area contributed by atoms with Crippen LogP contribution in [0.15, 0.2) is 47.5 Å². The molecule has 2 aromatic rings. The molecule has 2 rings (SSSR count). The SMILES string of the molecule is CCNC(=NCc1cccc(COC)c1)NCC(O)c1cc(Cl)cc(Cl)c1.I. The molecule has 1 unspecified atom stereocenters. The zero-order chi connectivity index (χ0) is 19.6. The fraction of sp³-hybridized carbons (Fsp3) is 0.350. The predicted octanol–water partition coefficient (Wildman–Crippen LogP) is 4.55. The lowest BCUT2D eigenvalue weighted by Gasteiger charge is -2.16. The average molecular weight is 538 g/mol. The van der Waals surface area contributed by atoms with Crippen molar-refractivity contribution < 1.29 is 9.84 Å². The summed E-state index contributed by atoms with van der Waals surface area (Å²) in [6, 6.07) is 13.1. The van der Waals surface area contributed by atoms with Crippen molar-refractivity contribution in [3.05, 3.63) is 69.2 Å².